The molecule has 1 saturated heterocycles. The van der Waals surface area contributed by atoms with Crippen molar-refractivity contribution in [1.29, 1.82) is 0 Å². The van der Waals surface area contributed by atoms with Crippen LogP contribution in [0.4, 0.5) is 46.0 Å². The highest BCUT2D eigenvalue weighted by molar-refractivity contribution is 5.92. The summed E-state index contributed by atoms with van der Waals surface area (Å²) in [6, 6.07) is 4.19. The number of likely N-dealkylation sites (tertiary alicyclic amines) is 1. The van der Waals surface area contributed by atoms with Gasteiger partial charge in [0, 0.05) is 38.8 Å². The Kier molecular flexibility index (Phi) is 6.91. The van der Waals surface area contributed by atoms with Crippen molar-refractivity contribution in [3.8, 4) is 0 Å². The average Bonchev–Trinajstić information content (AvgIpc) is 3.22. The number of rotatable bonds is 3. The highest BCUT2D eigenvalue weighted by Crippen LogP contribution is 2.39. The Balaban J connectivity index is 1.95. The third kappa shape index (κ3) is 5.60. The second kappa shape index (κ2) is 9.27. The summed E-state index contributed by atoms with van der Waals surface area (Å²) in [5.74, 6) is -1.14. The third-order valence-electron chi connectivity index (χ3n) is 5.90. The largest absolute Gasteiger partial charge is 0.465 e. The molecular weight excluding hydrogens is 487 g/mol. The molecule has 0 aliphatic carbocycles. The van der Waals surface area contributed by atoms with Gasteiger partial charge in [-0.2, -0.15) is 26.3 Å². The highest BCUT2D eigenvalue weighted by Gasteiger charge is 2.42. The first-order valence-corrected chi connectivity index (χ1v) is 10.1. The predicted octanol–water partition coefficient (Wildman–Crippen LogP) is 5.50. The Labute approximate surface area is 195 Å². The van der Waals surface area contributed by atoms with Crippen LogP contribution in [-0.4, -0.2) is 60.3 Å². The topological polar surface area (TPSA) is 64.1 Å². The van der Waals surface area contributed by atoms with Crippen molar-refractivity contribution in [2.24, 2.45) is 0 Å². The van der Waals surface area contributed by atoms with Crippen molar-refractivity contribution in [2.75, 3.05) is 32.1 Å². The molecule has 35 heavy (non-hydrogen) atoms. The lowest BCUT2D eigenvalue weighted by Gasteiger charge is -2.33. The van der Waals surface area contributed by atoms with Crippen LogP contribution < -0.4 is 4.90 Å². The molecule has 1 heterocycles. The summed E-state index contributed by atoms with van der Waals surface area (Å²) in [4.78, 5) is 27.4. The van der Waals surface area contributed by atoms with Gasteiger partial charge in [0.05, 0.1) is 17.2 Å². The number of anilines is 1. The molecular formula is C22H20F7N3O3. The molecule has 6 nitrogen and oxygen atoms in total. The van der Waals surface area contributed by atoms with Gasteiger partial charge in [0.25, 0.3) is 0 Å². The van der Waals surface area contributed by atoms with Crippen LogP contribution in [0.2, 0.25) is 0 Å². The first-order valence-electron chi connectivity index (χ1n) is 10.1. The van der Waals surface area contributed by atoms with Crippen LogP contribution in [0, 0.1) is 5.82 Å². The van der Waals surface area contributed by atoms with Crippen molar-refractivity contribution in [3.63, 3.8) is 0 Å². The van der Waals surface area contributed by atoms with Gasteiger partial charge in [-0.3, -0.25) is 4.90 Å². The molecule has 1 aliphatic heterocycles. The fourth-order valence-electron chi connectivity index (χ4n) is 3.99. The zero-order valence-electron chi connectivity index (χ0n) is 18.4. The van der Waals surface area contributed by atoms with E-state index in [4.69, 9.17) is 0 Å². The minimum absolute atomic E-state index is 0.0438. The molecule has 3 amide bonds. The van der Waals surface area contributed by atoms with Crippen molar-refractivity contribution in [3.05, 3.63) is 65.0 Å². The minimum atomic E-state index is -5.09. The van der Waals surface area contributed by atoms with E-state index in [-0.39, 0.29) is 19.2 Å². The number of halogens is 7. The summed E-state index contributed by atoms with van der Waals surface area (Å²) in [5.41, 5.74) is -3.28. The van der Waals surface area contributed by atoms with E-state index in [0.29, 0.717) is 22.6 Å². The molecule has 2 atom stereocenters. The van der Waals surface area contributed by atoms with Gasteiger partial charge in [0.1, 0.15) is 5.82 Å². The molecule has 0 radical (unpaired) electrons. The maximum Gasteiger partial charge on any atom is 0.416 e. The van der Waals surface area contributed by atoms with E-state index in [1.165, 1.54) is 19.2 Å². The Morgan fingerprint density at radius 3 is 1.89 bits per heavy atom. The molecule has 2 aromatic rings. The molecule has 1 N–H and O–H groups in total. The molecule has 1 fully saturated rings. The summed E-state index contributed by atoms with van der Waals surface area (Å²) >= 11 is 0. The molecule has 0 unspecified atom stereocenters. The smallest absolute Gasteiger partial charge is 0.416 e. The van der Waals surface area contributed by atoms with E-state index in [1.54, 1.807) is 0 Å². The monoisotopic (exact) mass is 507 g/mol. The number of hydrogen-bond donors (Lipinski definition) is 1. The number of carbonyl (C=O) groups is 2. The van der Waals surface area contributed by atoms with Gasteiger partial charge in [-0.1, -0.05) is 12.1 Å². The molecule has 190 valence electrons. The number of hydrogen-bond acceptors (Lipinski definition) is 2. The molecule has 0 aromatic heterocycles. The number of alkyl halides is 6. The number of amides is 3. The van der Waals surface area contributed by atoms with Crippen LogP contribution in [0.25, 0.3) is 0 Å². The van der Waals surface area contributed by atoms with Crippen molar-refractivity contribution < 1.29 is 45.4 Å². The lowest BCUT2D eigenvalue weighted by molar-refractivity contribution is -0.143. The fraction of sp³-hybridized carbons (Fsp3) is 0.364. The molecule has 0 spiro atoms. The van der Waals surface area contributed by atoms with Crippen LogP contribution >= 0.6 is 0 Å². The van der Waals surface area contributed by atoms with Gasteiger partial charge >= 0.3 is 24.5 Å². The third-order valence-corrected chi connectivity index (χ3v) is 5.90. The Morgan fingerprint density at radius 1 is 0.914 bits per heavy atom. The number of likely N-dealkylation sites (N-methyl/N-ethyl adjacent to an activating group) is 1. The zero-order valence-corrected chi connectivity index (χ0v) is 18.4. The normalized spacial score (nSPS) is 18.5. The molecule has 3 rings (SSSR count). The molecule has 1 aliphatic rings. The SMILES string of the molecule is CN(C(=O)N(C)[C@H]1CN(C(=O)O)C[C@@H]1c1ccc(F)cc1)c1cc(C(F)(F)F)cc(C(F)(F)F)c1. The number of nitrogens with zero attached hydrogens (tertiary/aromatic N) is 3. The van der Waals surface area contributed by atoms with Gasteiger partial charge in [-0.25, -0.2) is 14.0 Å². The zero-order chi connectivity index (χ0) is 26.3. The maximum absolute atomic E-state index is 13.4. The first kappa shape index (κ1) is 26.1. The number of benzene rings is 2. The summed E-state index contributed by atoms with van der Waals surface area (Å²) in [6.07, 6.45) is -11.5. The fourth-order valence-corrected chi connectivity index (χ4v) is 3.99. The van der Waals surface area contributed by atoms with Gasteiger partial charge in [0.15, 0.2) is 0 Å². The quantitative estimate of drug-likeness (QED) is 0.559. The van der Waals surface area contributed by atoms with E-state index < -0.39 is 59.1 Å². The maximum atomic E-state index is 13.4. The Hall–Kier alpha value is -3.51. The second-order valence-electron chi connectivity index (χ2n) is 8.13. The predicted molar refractivity (Wildman–Crippen MR) is 111 cm³/mol. The van der Waals surface area contributed by atoms with E-state index in [2.05, 4.69) is 0 Å². The first-order chi connectivity index (χ1) is 16.1. The summed E-state index contributed by atoms with van der Waals surface area (Å²) in [5, 5.41) is 9.40. The van der Waals surface area contributed by atoms with Gasteiger partial charge in [-0.15, -0.1) is 0 Å². The molecule has 2 aromatic carbocycles. The molecule has 13 heteroatoms. The summed E-state index contributed by atoms with van der Waals surface area (Å²) in [7, 11) is 2.29. The number of carbonyl (C=O) groups excluding carboxylic acids is 1. The van der Waals surface area contributed by atoms with Crippen LogP contribution in [0.1, 0.15) is 22.6 Å². The summed E-state index contributed by atoms with van der Waals surface area (Å²) in [6.45, 7) is -0.210. The van der Waals surface area contributed by atoms with Crippen LogP contribution in [0.5, 0.6) is 0 Å². The summed E-state index contributed by atoms with van der Waals surface area (Å²) < 4.78 is 92.7. The molecule has 0 bridgehead atoms. The minimum Gasteiger partial charge on any atom is -0.465 e. The van der Waals surface area contributed by atoms with Crippen LogP contribution in [-0.2, 0) is 12.4 Å². The van der Waals surface area contributed by atoms with Gasteiger partial charge in [-0.05, 0) is 35.9 Å². The van der Waals surface area contributed by atoms with Crippen LogP contribution in [0.15, 0.2) is 42.5 Å². The van der Waals surface area contributed by atoms with Crippen LogP contribution in [0.3, 0.4) is 0 Å². The number of urea groups is 1. The van der Waals surface area contributed by atoms with E-state index in [9.17, 15) is 45.4 Å². The lowest BCUT2D eigenvalue weighted by Crippen LogP contribution is -2.47. The van der Waals surface area contributed by atoms with Crippen molar-refractivity contribution in [1.82, 2.24) is 9.80 Å². The highest BCUT2D eigenvalue weighted by atomic mass is 19.4. The Morgan fingerprint density at radius 2 is 1.43 bits per heavy atom. The second-order valence-corrected chi connectivity index (χ2v) is 8.13. The van der Waals surface area contributed by atoms with Crippen molar-refractivity contribution in [2.45, 2.75) is 24.3 Å². The van der Waals surface area contributed by atoms with Crippen molar-refractivity contribution >= 4 is 17.8 Å². The standard InChI is InChI=1S/C22H20F7N3O3/c1-30(16-8-13(21(24,25)26)7-14(9-16)22(27,28)29)19(33)31(2)18-11-32(20(34)35)10-17(18)12-3-5-15(23)6-4-12/h3-9,17-18H,10-11H2,1-2H3,(H,34,35)/t17-,18+/m1/s1. The Bertz CT molecular complexity index is 1070. The lowest BCUT2D eigenvalue weighted by atomic mass is 9.93. The van der Waals surface area contributed by atoms with E-state index >= 15 is 0 Å². The average molecular weight is 507 g/mol. The number of carboxylic acid groups (broad SMARTS) is 1. The van der Waals surface area contributed by atoms with E-state index in [1.807, 2.05) is 0 Å². The van der Waals surface area contributed by atoms with Gasteiger partial charge in [0.2, 0.25) is 0 Å². The molecule has 0 saturated carbocycles. The van der Waals surface area contributed by atoms with E-state index in [0.717, 1.165) is 29.0 Å². The van der Waals surface area contributed by atoms with Gasteiger partial charge < -0.3 is 14.9 Å².